The smallest absolute Gasteiger partial charge is 0.255 e. The van der Waals surface area contributed by atoms with Crippen molar-refractivity contribution in [1.82, 2.24) is 19.7 Å². The number of likely N-dealkylation sites (tertiary alicyclic amines) is 1. The number of carbonyl (C=O) groups is 1. The van der Waals surface area contributed by atoms with E-state index in [0.717, 1.165) is 32.5 Å². The van der Waals surface area contributed by atoms with Crippen LogP contribution in [0.5, 0.6) is 0 Å². The Morgan fingerprint density at radius 1 is 1.25 bits per heavy atom. The SMILES string of the molecule is O=C(c1cccnc1)N1CCC(Cn2cccn2)CC1. The van der Waals surface area contributed by atoms with Gasteiger partial charge in [0.2, 0.25) is 0 Å². The fourth-order valence-electron chi connectivity index (χ4n) is 2.66. The number of hydrogen-bond donors (Lipinski definition) is 0. The van der Waals surface area contributed by atoms with Gasteiger partial charge in [0.25, 0.3) is 5.91 Å². The number of piperidine rings is 1. The standard InChI is InChI=1S/C15H18N4O/c20-15(14-3-1-6-16-11-14)18-9-4-13(5-10-18)12-19-8-2-7-17-19/h1-3,6-8,11,13H,4-5,9-10,12H2. The molecule has 0 radical (unpaired) electrons. The molecular formula is C15H18N4O. The molecular weight excluding hydrogens is 252 g/mol. The molecule has 0 N–H and O–H groups in total. The van der Waals surface area contributed by atoms with E-state index < -0.39 is 0 Å². The molecule has 0 unspecified atom stereocenters. The lowest BCUT2D eigenvalue weighted by molar-refractivity contribution is 0.0681. The molecule has 0 atom stereocenters. The van der Waals surface area contributed by atoms with Crippen LogP contribution in [0.2, 0.25) is 0 Å². The third kappa shape index (κ3) is 2.87. The summed E-state index contributed by atoms with van der Waals surface area (Å²) in [6, 6.07) is 5.57. The third-order valence-electron chi connectivity index (χ3n) is 3.81. The monoisotopic (exact) mass is 270 g/mol. The zero-order chi connectivity index (χ0) is 13.8. The molecule has 5 heteroatoms. The van der Waals surface area contributed by atoms with E-state index in [2.05, 4.69) is 10.1 Å². The lowest BCUT2D eigenvalue weighted by Gasteiger charge is -2.32. The van der Waals surface area contributed by atoms with Gasteiger partial charge in [-0.15, -0.1) is 0 Å². The molecule has 0 spiro atoms. The summed E-state index contributed by atoms with van der Waals surface area (Å²) in [6.07, 6.45) is 9.19. The van der Waals surface area contributed by atoms with Gasteiger partial charge in [0.05, 0.1) is 5.56 Å². The Balaban J connectivity index is 1.55. The van der Waals surface area contributed by atoms with E-state index in [9.17, 15) is 4.79 Å². The summed E-state index contributed by atoms with van der Waals surface area (Å²) in [6.45, 7) is 2.58. The Morgan fingerprint density at radius 3 is 2.75 bits per heavy atom. The van der Waals surface area contributed by atoms with E-state index in [4.69, 9.17) is 0 Å². The van der Waals surface area contributed by atoms with Crippen molar-refractivity contribution in [2.24, 2.45) is 5.92 Å². The van der Waals surface area contributed by atoms with Crippen molar-refractivity contribution >= 4 is 5.91 Å². The summed E-state index contributed by atoms with van der Waals surface area (Å²) >= 11 is 0. The molecule has 5 nitrogen and oxygen atoms in total. The average Bonchev–Trinajstić information content (AvgIpc) is 3.01. The molecule has 2 aromatic heterocycles. The molecule has 1 aliphatic rings. The fraction of sp³-hybridized carbons (Fsp3) is 0.400. The van der Waals surface area contributed by atoms with Crippen molar-refractivity contribution in [3.63, 3.8) is 0 Å². The molecule has 2 aromatic rings. The molecule has 0 bridgehead atoms. The van der Waals surface area contributed by atoms with Gasteiger partial charge in [-0.05, 0) is 37.0 Å². The second-order valence-corrected chi connectivity index (χ2v) is 5.21. The molecule has 1 amide bonds. The lowest BCUT2D eigenvalue weighted by Crippen LogP contribution is -2.39. The molecule has 0 saturated carbocycles. The fourth-order valence-corrected chi connectivity index (χ4v) is 2.66. The van der Waals surface area contributed by atoms with E-state index >= 15 is 0 Å². The molecule has 0 aromatic carbocycles. The Bertz CT molecular complexity index is 545. The highest BCUT2D eigenvalue weighted by Crippen LogP contribution is 2.20. The third-order valence-corrected chi connectivity index (χ3v) is 3.81. The van der Waals surface area contributed by atoms with E-state index in [1.54, 1.807) is 24.7 Å². The molecule has 1 aliphatic heterocycles. The minimum absolute atomic E-state index is 0.0932. The van der Waals surface area contributed by atoms with Gasteiger partial charge in [-0.25, -0.2) is 0 Å². The largest absolute Gasteiger partial charge is 0.339 e. The van der Waals surface area contributed by atoms with E-state index in [0.29, 0.717) is 11.5 Å². The summed E-state index contributed by atoms with van der Waals surface area (Å²) in [7, 11) is 0. The minimum Gasteiger partial charge on any atom is -0.339 e. The van der Waals surface area contributed by atoms with Gasteiger partial charge < -0.3 is 4.90 Å². The predicted molar refractivity (Wildman–Crippen MR) is 75.1 cm³/mol. The first-order valence-electron chi connectivity index (χ1n) is 6.99. The Labute approximate surface area is 118 Å². The second kappa shape index (κ2) is 5.86. The van der Waals surface area contributed by atoms with Gasteiger partial charge in [-0.3, -0.25) is 14.5 Å². The van der Waals surface area contributed by atoms with Crippen LogP contribution in [-0.2, 0) is 6.54 Å². The van der Waals surface area contributed by atoms with Crippen LogP contribution in [0, 0.1) is 5.92 Å². The topological polar surface area (TPSA) is 51.0 Å². The van der Waals surface area contributed by atoms with Crippen LogP contribution in [0.25, 0.3) is 0 Å². The van der Waals surface area contributed by atoms with Crippen LogP contribution in [0.4, 0.5) is 0 Å². The van der Waals surface area contributed by atoms with Gasteiger partial charge >= 0.3 is 0 Å². The first kappa shape index (κ1) is 12.8. The van der Waals surface area contributed by atoms with E-state index in [1.807, 2.05) is 27.9 Å². The Kier molecular flexibility index (Phi) is 3.76. The summed E-state index contributed by atoms with van der Waals surface area (Å²) in [5.41, 5.74) is 0.679. The van der Waals surface area contributed by atoms with Gasteiger partial charge in [0.15, 0.2) is 0 Å². The predicted octanol–water partition coefficient (Wildman–Crippen LogP) is 1.83. The Morgan fingerprint density at radius 2 is 2.10 bits per heavy atom. The first-order valence-corrected chi connectivity index (χ1v) is 6.99. The van der Waals surface area contributed by atoms with Crippen LogP contribution in [0.1, 0.15) is 23.2 Å². The molecule has 104 valence electrons. The maximum absolute atomic E-state index is 12.3. The van der Waals surface area contributed by atoms with Gasteiger partial charge in [-0.2, -0.15) is 5.10 Å². The first-order chi connectivity index (χ1) is 9.83. The highest BCUT2D eigenvalue weighted by atomic mass is 16.2. The zero-order valence-electron chi connectivity index (χ0n) is 11.4. The van der Waals surface area contributed by atoms with E-state index in [1.165, 1.54) is 0 Å². The number of pyridine rings is 1. The number of amides is 1. The highest BCUT2D eigenvalue weighted by molar-refractivity contribution is 5.93. The van der Waals surface area contributed by atoms with Crippen molar-refractivity contribution in [3.8, 4) is 0 Å². The number of nitrogens with zero attached hydrogens (tertiary/aromatic N) is 4. The van der Waals surface area contributed by atoms with Crippen LogP contribution >= 0.6 is 0 Å². The van der Waals surface area contributed by atoms with Gasteiger partial charge in [-0.1, -0.05) is 0 Å². The zero-order valence-corrected chi connectivity index (χ0v) is 11.4. The molecule has 1 fully saturated rings. The van der Waals surface area contributed by atoms with Crippen molar-refractivity contribution in [1.29, 1.82) is 0 Å². The number of aromatic nitrogens is 3. The van der Waals surface area contributed by atoms with Crippen molar-refractivity contribution < 1.29 is 4.79 Å². The van der Waals surface area contributed by atoms with Crippen LogP contribution in [0.3, 0.4) is 0 Å². The van der Waals surface area contributed by atoms with E-state index in [-0.39, 0.29) is 5.91 Å². The number of carbonyl (C=O) groups excluding carboxylic acids is 1. The van der Waals surface area contributed by atoms with Crippen molar-refractivity contribution in [2.75, 3.05) is 13.1 Å². The maximum atomic E-state index is 12.3. The molecule has 3 heterocycles. The summed E-state index contributed by atoms with van der Waals surface area (Å²) < 4.78 is 1.98. The maximum Gasteiger partial charge on any atom is 0.255 e. The summed E-state index contributed by atoms with van der Waals surface area (Å²) in [5, 5.41) is 4.24. The quantitative estimate of drug-likeness (QED) is 0.855. The number of rotatable bonds is 3. The van der Waals surface area contributed by atoms with Crippen LogP contribution in [-0.4, -0.2) is 38.7 Å². The lowest BCUT2D eigenvalue weighted by atomic mass is 9.96. The van der Waals surface area contributed by atoms with Gasteiger partial charge in [0.1, 0.15) is 0 Å². The van der Waals surface area contributed by atoms with Crippen molar-refractivity contribution in [2.45, 2.75) is 19.4 Å². The minimum atomic E-state index is 0.0932. The molecule has 3 rings (SSSR count). The van der Waals surface area contributed by atoms with Crippen LogP contribution in [0.15, 0.2) is 43.0 Å². The summed E-state index contributed by atoms with van der Waals surface area (Å²) in [5.74, 6) is 0.698. The van der Waals surface area contributed by atoms with Crippen LogP contribution < -0.4 is 0 Å². The van der Waals surface area contributed by atoms with Gasteiger partial charge in [0, 0.05) is 44.4 Å². The summed E-state index contributed by atoms with van der Waals surface area (Å²) in [4.78, 5) is 18.2. The highest BCUT2D eigenvalue weighted by Gasteiger charge is 2.23. The van der Waals surface area contributed by atoms with Crippen molar-refractivity contribution in [3.05, 3.63) is 48.5 Å². The Hall–Kier alpha value is -2.17. The number of hydrogen-bond acceptors (Lipinski definition) is 3. The molecule has 20 heavy (non-hydrogen) atoms. The average molecular weight is 270 g/mol. The second-order valence-electron chi connectivity index (χ2n) is 5.21. The molecule has 0 aliphatic carbocycles. The molecule has 1 saturated heterocycles. The normalized spacial score (nSPS) is 16.3.